The van der Waals surface area contributed by atoms with Crippen LogP contribution in [0.4, 0.5) is 18.9 Å². The highest BCUT2D eigenvalue weighted by molar-refractivity contribution is 6.51. The monoisotopic (exact) mass is 448 g/mol. The van der Waals surface area contributed by atoms with E-state index in [9.17, 15) is 27.9 Å². The molecule has 1 saturated heterocycles. The molecule has 1 atom stereocenters. The predicted molar refractivity (Wildman–Crippen MR) is 116 cm³/mol. The number of amides is 1. The number of nitrogens with zero attached hydrogens (tertiary/aromatic N) is 1. The number of halogens is 3. The number of rotatable bonds is 3. The maximum atomic E-state index is 14.7. The van der Waals surface area contributed by atoms with E-state index in [1.165, 1.54) is 18.3 Å². The van der Waals surface area contributed by atoms with Gasteiger partial charge in [0.05, 0.1) is 17.3 Å². The van der Waals surface area contributed by atoms with Crippen LogP contribution < -0.4 is 4.90 Å². The average Bonchev–Trinajstić information content (AvgIpc) is 3.35. The van der Waals surface area contributed by atoms with Gasteiger partial charge in [-0.2, -0.15) is 0 Å². The Kier molecular flexibility index (Phi) is 4.78. The topological polar surface area (TPSA) is 73.4 Å². The first-order chi connectivity index (χ1) is 15.9. The summed E-state index contributed by atoms with van der Waals surface area (Å²) in [6.45, 7) is 0. The molecule has 4 aromatic rings. The van der Waals surface area contributed by atoms with Gasteiger partial charge in [-0.25, -0.2) is 13.2 Å². The molecule has 1 aliphatic heterocycles. The lowest BCUT2D eigenvalue weighted by molar-refractivity contribution is -0.132. The fourth-order valence-corrected chi connectivity index (χ4v) is 4.12. The van der Waals surface area contributed by atoms with Crippen molar-refractivity contribution in [3.8, 4) is 0 Å². The van der Waals surface area contributed by atoms with Crippen molar-refractivity contribution in [2.24, 2.45) is 0 Å². The smallest absolute Gasteiger partial charge is 0.300 e. The van der Waals surface area contributed by atoms with Crippen molar-refractivity contribution in [1.29, 1.82) is 0 Å². The first kappa shape index (κ1) is 20.6. The molecule has 1 aromatic heterocycles. The number of hydrogen-bond acceptors (Lipinski definition) is 3. The summed E-state index contributed by atoms with van der Waals surface area (Å²) < 4.78 is 42.2. The van der Waals surface area contributed by atoms with Gasteiger partial charge in [-0.15, -0.1) is 0 Å². The number of aliphatic hydroxyl groups excluding tert-OH is 1. The fourth-order valence-electron chi connectivity index (χ4n) is 4.12. The third kappa shape index (κ3) is 3.27. The number of aromatic amines is 1. The fraction of sp³-hybridized carbons (Fsp3) is 0.0400. The second-order valence-corrected chi connectivity index (χ2v) is 7.56. The Labute approximate surface area is 185 Å². The minimum absolute atomic E-state index is 0.237. The van der Waals surface area contributed by atoms with E-state index in [2.05, 4.69) is 4.98 Å². The number of Topliss-reactive ketones (excluding diaryl/α,β-unsaturated/α-hetero) is 1. The third-order valence-corrected chi connectivity index (χ3v) is 5.64. The van der Waals surface area contributed by atoms with Crippen molar-refractivity contribution in [1.82, 2.24) is 4.98 Å². The molecular weight excluding hydrogens is 433 g/mol. The number of aromatic nitrogens is 1. The Morgan fingerprint density at radius 1 is 0.909 bits per heavy atom. The van der Waals surface area contributed by atoms with Gasteiger partial charge in [-0.05, 0) is 35.9 Å². The normalized spacial score (nSPS) is 17.8. The Balaban J connectivity index is 1.78. The van der Waals surface area contributed by atoms with Crippen LogP contribution >= 0.6 is 0 Å². The molecule has 0 radical (unpaired) electrons. The summed E-state index contributed by atoms with van der Waals surface area (Å²) in [5, 5.41) is 11.8. The van der Waals surface area contributed by atoms with Crippen molar-refractivity contribution in [2.45, 2.75) is 6.04 Å². The predicted octanol–water partition coefficient (Wildman–Crippen LogP) is 5.21. The highest BCUT2D eigenvalue weighted by Crippen LogP contribution is 2.43. The van der Waals surface area contributed by atoms with Crippen LogP contribution in [-0.4, -0.2) is 21.8 Å². The molecule has 2 N–H and O–H groups in total. The van der Waals surface area contributed by atoms with Gasteiger partial charge >= 0.3 is 0 Å². The highest BCUT2D eigenvalue weighted by Gasteiger charge is 2.48. The van der Waals surface area contributed by atoms with E-state index in [1.54, 1.807) is 24.3 Å². The summed E-state index contributed by atoms with van der Waals surface area (Å²) in [6.07, 6.45) is 1.48. The van der Waals surface area contributed by atoms with Crippen LogP contribution in [-0.2, 0) is 9.59 Å². The van der Waals surface area contributed by atoms with Gasteiger partial charge in [0.15, 0.2) is 0 Å². The number of H-pyrrole nitrogens is 1. The molecule has 0 saturated carbocycles. The molecule has 33 heavy (non-hydrogen) atoms. The maximum absolute atomic E-state index is 14.7. The number of carbonyl (C=O) groups is 2. The first-order valence-electron chi connectivity index (χ1n) is 9.95. The second-order valence-electron chi connectivity index (χ2n) is 7.56. The van der Waals surface area contributed by atoms with Crippen LogP contribution in [0.3, 0.4) is 0 Å². The number of aliphatic hydroxyl groups is 1. The van der Waals surface area contributed by atoms with Gasteiger partial charge in [0.2, 0.25) is 0 Å². The number of benzene rings is 3. The lowest BCUT2D eigenvalue weighted by Crippen LogP contribution is -2.30. The van der Waals surface area contributed by atoms with E-state index in [1.807, 2.05) is 0 Å². The summed E-state index contributed by atoms with van der Waals surface area (Å²) >= 11 is 0. The Bertz CT molecular complexity index is 1460. The molecule has 1 aliphatic rings. The molecule has 2 heterocycles. The summed E-state index contributed by atoms with van der Waals surface area (Å²) in [4.78, 5) is 29.9. The van der Waals surface area contributed by atoms with Gasteiger partial charge in [-0.3, -0.25) is 14.5 Å². The molecule has 5 rings (SSSR count). The summed E-state index contributed by atoms with van der Waals surface area (Å²) in [6, 6.07) is 13.1. The van der Waals surface area contributed by atoms with Crippen LogP contribution in [0, 0.1) is 17.5 Å². The Morgan fingerprint density at radius 2 is 1.61 bits per heavy atom. The quantitative estimate of drug-likeness (QED) is 0.257. The van der Waals surface area contributed by atoms with Gasteiger partial charge in [0.25, 0.3) is 11.7 Å². The van der Waals surface area contributed by atoms with E-state index < -0.39 is 46.6 Å². The zero-order valence-corrected chi connectivity index (χ0v) is 16.9. The van der Waals surface area contributed by atoms with Gasteiger partial charge in [-0.1, -0.05) is 30.3 Å². The van der Waals surface area contributed by atoms with E-state index in [4.69, 9.17) is 0 Å². The lowest BCUT2D eigenvalue weighted by atomic mass is 9.95. The molecule has 1 fully saturated rings. The number of ketones is 1. The molecule has 164 valence electrons. The minimum Gasteiger partial charge on any atom is -0.507 e. The number of anilines is 1. The number of carbonyl (C=O) groups excluding carboxylic acids is 2. The zero-order valence-electron chi connectivity index (χ0n) is 16.9. The molecular formula is C25H15F3N2O3. The zero-order chi connectivity index (χ0) is 23.3. The Morgan fingerprint density at radius 3 is 2.36 bits per heavy atom. The van der Waals surface area contributed by atoms with Crippen molar-refractivity contribution in [3.63, 3.8) is 0 Å². The summed E-state index contributed by atoms with van der Waals surface area (Å²) in [7, 11) is 0. The number of hydrogen-bond donors (Lipinski definition) is 2. The highest BCUT2D eigenvalue weighted by atomic mass is 19.1. The van der Waals surface area contributed by atoms with Crippen LogP contribution in [0.1, 0.15) is 17.2 Å². The van der Waals surface area contributed by atoms with Crippen molar-refractivity contribution in [2.75, 3.05) is 4.90 Å². The number of fused-ring (bicyclic) bond motifs is 1. The minimum atomic E-state index is -1.31. The molecule has 1 amide bonds. The van der Waals surface area contributed by atoms with E-state index in [-0.39, 0.29) is 16.7 Å². The lowest BCUT2D eigenvalue weighted by Gasteiger charge is -2.25. The van der Waals surface area contributed by atoms with E-state index >= 15 is 0 Å². The molecule has 0 spiro atoms. The number of para-hydroxylation sites is 1. The Hall–Kier alpha value is -4.33. The largest absolute Gasteiger partial charge is 0.507 e. The molecule has 8 heteroatoms. The van der Waals surface area contributed by atoms with Crippen molar-refractivity contribution < 1.29 is 27.9 Å². The van der Waals surface area contributed by atoms with Crippen molar-refractivity contribution >= 4 is 34.0 Å². The molecule has 0 aliphatic carbocycles. The third-order valence-electron chi connectivity index (χ3n) is 5.64. The molecule has 3 aromatic carbocycles. The average molecular weight is 448 g/mol. The van der Waals surface area contributed by atoms with E-state index in [0.29, 0.717) is 10.9 Å². The molecule has 0 bridgehead atoms. The summed E-state index contributed by atoms with van der Waals surface area (Å²) in [5.74, 6) is -5.02. The van der Waals surface area contributed by atoms with Crippen LogP contribution in [0.15, 0.2) is 78.5 Å². The van der Waals surface area contributed by atoms with Crippen LogP contribution in [0.2, 0.25) is 0 Å². The van der Waals surface area contributed by atoms with Gasteiger partial charge < -0.3 is 10.1 Å². The molecule has 1 unspecified atom stereocenters. The maximum Gasteiger partial charge on any atom is 0.300 e. The molecule has 5 nitrogen and oxygen atoms in total. The van der Waals surface area contributed by atoms with Gasteiger partial charge in [0.1, 0.15) is 23.2 Å². The van der Waals surface area contributed by atoms with Crippen molar-refractivity contribution in [3.05, 3.63) is 107 Å². The number of nitrogens with one attached hydrogen (secondary N) is 1. The van der Waals surface area contributed by atoms with Gasteiger partial charge in [0, 0.05) is 28.7 Å². The standard InChI is InChI=1S/C25H15F3N2O3/c26-14-7-5-13(6-8-14)22-21(23(31)17-12-29-19-4-2-1-3-16(17)19)24(32)25(33)30(22)20-11-15(27)9-10-18(20)28/h1-12,22,29,31H/b23-21-. The van der Waals surface area contributed by atoms with E-state index in [0.717, 1.165) is 35.2 Å². The summed E-state index contributed by atoms with van der Waals surface area (Å²) in [5.41, 5.74) is 0.392. The first-order valence-corrected chi connectivity index (χ1v) is 9.95. The second kappa shape index (κ2) is 7.67. The van der Waals surface area contributed by atoms with Crippen LogP contribution in [0.5, 0.6) is 0 Å². The SMILES string of the molecule is O=C1C(=O)N(c2cc(F)ccc2F)C(c2ccc(F)cc2)/C1=C(/O)c1c[nH]c2ccccc12. The van der Waals surface area contributed by atoms with Crippen LogP contribution in [0.25, 0.3) is 16.7 Å².